The Morgan fingerprint density at radius 2 is 2.25 bits per heavy atom. The minimum absolute atomic E-state index is 0.415. The molecule has 2 N–H and O–H groups in total. The number of nitrogens with two attached hydrogens (primary N) is 1. The maximum absolute atomic E-state index is 5.93. The minimum Gasteiger partial charge on any atom is -0.329 e. The zero-order valence-electron chi connectivity index (χ0n) is 9.93. The third-order valence-corrected chi connectivity index (χ3v) is 4.05. The average Bonchev–Trinajstić information content (AvgIpc) is 2.71. The fourth-order valence-corrected chi connectivity index (χ4v) is 3.05. The van der Waals surface area contributed by atoms with Gasteiger partial charge < -0.3 is 10.6 Å². The third kappa shape index (κ3) is 2.83. The summed E-state index contributed by atoms with van der Waals surface area (Å²) in [6, 6.07) is 2.62. The second-order valence-corrected chi connectivity index (χ2v) is 5.28. The van der Waals surface area contributed by atoms with Gasteiger partial charge in [-0.1, -0.05) is 0 Å². The molecule has 1 aliphatic heterocycles. The second kappa shape index (κ2) is 5.77. The first-order valence-electron chi connectivity index (χ1n) is 5.96. The average molecular weight is 239 g/mol. The van der Waals surface area contributed by atoms with Crippen molar-refractivity contribution in [2.75, 3.05) is 39.8 Å². The molecular weight excluding hydrogens is 218 g/mol. The van der Waals surface area contributed by atoms with Gasteiger partial charge in [0.2, 0.25) is 0 Å². The zero-order chi connectivity index (χ0) is 11.4. The van der Waals surface area contributed by atoms with Gasteiger partial charge in [0.25, 0.3) is 0 Å². The van der Waals surface area contributed by atoms with Crippen LogP contribution in [0.5, 0.6) is 0 Å². The van der Waals surface area contributed by atoms with Crippen molar-refractivity contribution >= 4 is 11.3 Å². The molecule has 16 heavy (non-hydrogen) atoms. The Kier molecular flexibility index (Phi) is 4.35. The quantitative estimate of drug-likeness (QED) is 0.865. The molecule has 1 aromatic rings. The molecule has 0 amide bonds. The van der Waals surface area contributed by atoms with Gasteiger partial charge in [-0.3, -0.25) is 4.90 Å². The van der Waals surface area contributed by atoms with Gasteiger partial charge in [0, 0.05) is 32.2 Å². The van der Waals surface area contributed by atoms with Crippen LogP contribution >= 0.6 is 11.3 Å². The highest BCUT2D eigenvalue weighted by atomic mass is 32.1. The van der Waals surface area contributed by atoms with Crippen LogP contribution < -0.4 is 5.73 Å². The Bertz CT molecular complexity index is 299. The Balaban J connectivity index is 2.03. The van der Waals surface area contributed by atoms with Crippen LogP contribution in [0.15, 0.2) is 16.8 Å². The number of hydrogen-bond donors (Lipinski definition) is 1. The molecule has 0 aromatic carbocycles. The smallest absolute Gasteiger partial charge is 0.0479 e. The van der Waals surface area contributed by atoms with Crippen LogP contribution in [0, 0.1) is 0 Å². The molecule has 1 aliphatic rings. The Morgan fingerprint density at radius 3 is 2.94 bits per heavy atom. The van der Waals surface area contributed by atoms with Gasteiger partial charge in [0.15, 0.2) is 0 Å². The van der Waals surface area contributed by atoms with Gasteiger partial charge in [-0.05, 0) is 42.4 Å². The summed E-state index contributed by atoms with van der Waals surface area (Å²) in [4.78, 5) is 4.94. The lowest BCUT2D eigenvalue weighted by Crippen LogP contribution is -2.36. The summed E-state index contributed by atoms with van der Waals surface area (Å²) < 4.78 is 0. The largest absolute Gasteiger partial charge is 0.329 e. The van der Waals surface area contributed by atoms with E-state index in [0.29, 0.717) is 6.04 Å². The molecule has 0 spiro atoms. The molecule has 4 heteroatoms. The van der Waals surface area contributed by atoms with Crippen LogP contribution in [-0.4, -0.2) is 49.6 Å². The summed E-state index contributed by atoms with van der Waals surface area (Å²) in [6.07, 6.45) is 1.25. The van der Waals surface area contributed by atoms with Crippen LogP contribution in [-0.2, 0) is 0 Å². The number of likely N-dealkylation sites (N-methyl/N-ethyl adjacent to an activating group) is 1. The molecule has 0 aliphatic carbocycles. The molecule has 0 bridgehead atoms. The van der Waals surface area contributed by atoms with Crippen molar-refractivity contribution in [2.24, 2.45) is 5.73 Å². The molecule has 90 valence electrons. The van der Waals surface area contributed by atoms with E-state index in [2.05, 4.69) is 33.7 Å². The molecule has 2 heterocycles. The predicted octanol–water partition coefficient (Wildman–Crippen LogP) is 1.39. The van der Waals surface area contributed by atoms with Crippen LogP contribution in [0.3, 0.4) is 0 Å². The lowest BCUT2D eigenvalue weighted by molar-refractivity contribution is 0.208. The minimum atomic E-state index is 0.415. The van der Waals surface area contributed by atoms with Crippen LogP contribution in [0.25, 0.3) is 0 Å². The molecule has 1 saturated heterocycles. The lowest BCUT2D eigenvalue weighted by Gasteiger charge is -2.29. The molecule has 1 fully saturated rings. The summed E-state index contributed by atoms with van der Waals surface area (Å²) in [5, 5.41) is 4.37. The molecule has 1 atom stereocenters. The second-order valence-electron chi connectivity index (χ2n) is 4.50. The molecule has 1 aromatic heterocycles. The van der Waals surface area contributed by atoms with Crippen LogP contribution in [0.2, 0.25) is 0 Å². The standard InChI is InChI=1S/C12H21N3S/c1-14-4-2-5-15(7-6-14)12(9-13)11-3-8-16-10-11/h3,8,10,12H,2,4-7,9,13H2,1H3. The molecule has 2 rings (SSSR count). The van der Waals surface area contributed by atoms with E-state index >= 15 is 0 Å². The Labute approximate surface area is 102 Å². The third-order valence-electron chi connectivity index (χ3n) is 3.35. The van der Waals surface area contributed by atoms with Crippen molar-refractivity contribution in [3.05, 3.63) is 22.4 Å². The first-order valence-corrected chi connectivity index (χ1v) is 6.90. The van der Waals surface area contributed by atoms with Crippen molar-refractivity contribution in [3.63, 3.8) is 0 Å². The van der Waals surface area contributed by atoms with E-state index in [-0.39, 0.29) is 0 Å². The number of rotatable bonds is 3. The van der Waals surface area contributed by atoms with Crippen molar-refractivity contribution < 1.29 is 0 Å². The Hall–Kier alpha value is -0.420. The first-order chi connectivity index (χ1) is 7.81. The van der Waals surface area contributed by atoms with Gasteiger partial charge >= 0.3 is 0 Å². The number of thiophene rings is 1. The van der Waals surface area contributed by atoms with E-state index < -0.39 is 0 Å². The summed E-state index contributed by atoms with van der Waals surface area (Å²) >= 11 is 1.76. The highest BCUT2D eigenvalue weighted by Gasteiger charge is 2.21. The molecule has 0 radical (unpaired) electrons. The van der Waals surface area contributed by atoms with Crippen LogP contribution in [0.4, 0.5) is 0 Å². The topological polar surface area (TPSA) is 32.5 Å². The maximum atomic E-state index is 5.93. The molecule has 0 saturated carbocycles. The van der Waals surface area contributed by atoms with Gasteiger partial charge in [-0.2, -0.15) is 11.3 Å². The number of nitrogens with zero attached hydrogens (tertiary/aromatic N) is 2. The fraction of sp³-hybridized carbons (Fsp3) is 0.667. The molecule has 1 unspecified atom stereocenters. The summed E-state index contributed by atoms with van der Waals surface area (Å²) in [5.74, 6) is 0. The van der Waals surface area contributed by atoms with Crippen molar-refractivity contribution in [1.82, 2.24) is 9.80 Å². The van der Waals surface area contributed by atoms with Gasteiger partial charge in [0.1, 0.15) is 0 Å². The van der Waals surface area contributed by atoms with E-state index in [9.17, 15) is 0 Å². The van der Waals surface area contributed by atoms with E-state index in [1.807, 2.05) is 0 Å². The lowest BCUT2D eigenvalue weighted by atomic mass is 10.1. The van der Waals surface area contributed by atoms with E-state index in [1.54, 1.807) is 11.3 Å². The maximum Gasteiger partial charge on any atom is 0.0479 e. The highest BCUT2D eigenvalue weighted by Crippen LogP contribution is 2.23. The zero-order valence-corrected chi connectivity index (χ0v) is 10.7. The number of hydrogen-bond acceptors (Lipinski definition) is 4. The monoisotopic (exact) mass is 239 g/mol. The first kappa shape index (κ1) is 12.0. The van der Waals surface area contributed by atoms with E-state index in [1.165, 1.54) is 25.1 Å². The molecular formula is C12H21N3S. The van der Waals surface area contributed by atoms with Crippen molar-refractivity contribution in [2.45, 2.75) is 12.5 Å². The normalized spacial score (nSPS) is 21.9. The predicted molar refractivity (Wildman–Crippen MR) is 69.8 cm³/mol. The summed E-state index contributed by atoms with van der Waals surface area (Å²) in [5.41, 5.74) is 7.32. The van der Waals surface area contributed by atoms with Crippen molar-refractivity contribution in [1.29, 1.82) is 0 Å². The summed E-state index contributed by atoms with van der Waals surface area (Å²) in [6.45, 7) is 5.38. The van der Waals surface area contributed by atoms with Crippen LogP contribution in [0.1, 0.15) is 18.0 Å². The van der Waals surface area contributed by atoms with Gasteiger partial charge in [-0.25, -0.2) is 0 Å². The molecule has 3 nitrogen and oxygen atoms in total. The van der Waals surface area contributed by atoms with Crippen molar-refractivity contribution in [3.8, 4) is 0 Å². The Morgan fingerprint density at radius 1 is 1.38 bits per heavy atom. The SMILES string of the molecule is CN1CCCN(C(CN)c2ccsc2)CC1. The fourth-order valence-electron chi connectivity index (χ4n) is 2.34. The van der Waals surface area contributed by atoms with Gasteiger partial charge in [0.05, 0.1) is 0 Å². The van der Waals surface area contributed by atoms with E-state index in [4.69, 9.17) is 5.73 Å². The summed E-state index contributed by atoms with van der Waals surface area (Å²) in [7, 11) is 2.20. The van der Waals surface area contributed by atoms with Gasteiger partial charge in [-0.15, -0.1) is 0 Å². The highest BCUT2D eigenvalue weighted by molar-refractivity contribution is 7.07. The van der Waals surface area contributed by atoms with E-state index in [0.717, 1.165) is 19.6 Å².